The highest BCUT2D eigenvalue weighted by Crippen LogP contribution is 2.21. The van der Waals surface area contributed by atoms with Crippen LogP contribution in [0.5, 0.6) is 5.75 Å². The summed E-state index contributed by atoms with van der Waals surface area (Å²) in [5, 5.41) is 0. The molecule has 1 saturated heterocycles. The number of hydrogen-bond donors (Lipinski definition) is 0. The van der Waals surface area contributed by atoms with Crippen molar-refractivity contribution in [1.29, 1.82) is 0 Å². The van der Waals surface area contributed by atoms with Crippen LogP contribution in [0.1, 0.15) is 34.5 Å². The molecule has 9 heteroatoms. The number of aromatic nitrogens is 2. The van der Waals surface area contributed by atoms with E-state index in [1.165, 1.54) is 16.5 Å². The molecule has 0 bridgehead atoms. The van der Waals surface area contributed by atoms with Crippen molar-refractivity contribution in [3.8, 4) is 5.75 Å². The van der Waals surface area contributed by atoms with Crippen LogP contribution in [-0.2, 0) is 22.6 Å². The van der Waals surface area contributed by atoms with E-state index in [4.69, 9.17) is 9.47 Å². The standard InChI is InChI=1S/C30H28FN3O5/c31-23-8-6-21(7-9-23)18-25(35)11-12-26(36)28-29(39-20-22-4-2-1-3-5-22)30(37)34-19-24(10-13-27(34)32-28)33-14-16-38-17-15-33/h1-10,13,19H,11-12,14-18,20H2. The first kappa shape index (κ1) is 26.2. The molecule has 200 valence electrons. The van der Waals surface area contributed by atoms with E-state index in [0.29, 0.717) is 37.5 Å². The molecule has 0 aliphatic carbocycles. The molecule has 2 aromatic carbocycles. The van der Waals surface area contributed by atoms with Crippen molar-refractivity contribution < 1.29 is 23.5 Å². The highest BCUT2D eigenvalue weighted by molar-refractivity contribution is 5.99. The molecule has 0 amide bonds. The van der Waals surface area contributed by atoms with E-state index in [9.17, 15) is 18.8 Å². The van der Waals surface area contributed by atoms with Gasteiger partial charge >= 0.3 is 5.56 Å². The Morgan fingerprint density at radius 1 is 0.923 bits per heavy atom. The van der Waals surface area contributed by atoms with Gasteiger partial charge in [0.1, 0.15) is 23.9 Å². The molecule has 5 rings (SSSR count). The van der Waals surface area contributed by atoms with Crippen LogP contribution in [0.3, 0.4) is 0 Å². The summed E-state index contributed by atoms with van der Waals surface area (Å²) in [7, 11) is 0. The molecule has 0 N–H and O–H groups in total. The summed E-state index contributed by atoms with van der Waals surface area (Å²) >= 11 is 0. The minimum atomic E-state index is -0.493. The number of carbonyl (C=O) groups excluding carboxylic acids is 2. The van der Waals surface area contributed by atoms with Crippen molar-refractivity contribution in [3.05, 3.63) is 106 Å². The average Bonchev–Trinajstić information content (AvgIpc) is 2.97. The zero-order valence-corrected chi connectivity index (χ0v) is 21.3. The summed E-state index contributed by atoms with van der Waals surface area (Å²) < 4.78 is 25.9. The Hall–Kier alpha value is -4.37. The Labute approximate surface area is 224 Å². The van der Waals surface area contributed by atoms with Crippen LogP contribution >= 0.6 is 0 Å². The number of rotatable bonds is 10. The quantitative estimate of drug-likeness (QED) is 0.287. The van der Waals surface area contributed by atoms with Crippen LogP contribution < -0.4 is 15.2 Å². The van der Waals surface area contributed by atoms with Crippen LogP contribution in [0.2, 0.25) is 0 Å². The van der Waals surface area contributed by atoms with Gasteiger partial charge in [0.2, 0.25) is 5.75 Å². The third kappa shape index (κ3) is 6.38. The van der Waals surface area contributed by atoms with Crippen molar-refractivity contribution in [2.24, 2.45) is 0 Å². The summed E-state index contributed by atoms with van der Waals surface area (Å²) in [6, 6.07) is 18.5. The number of ether oxygens (including phenoxy) is 2. The van der Waals surface area contributed by atoms with Gasteiger partial charge in [0.05, 0.1) is 18.9 Å². The Balaban J connectivity index is 1.41. The second-order valence-corrected chi connectivity index (χ2v) is 9.35. The maximum atomic E-state index is 13.6. The van der Waals surface area contributed by atoms with E-state index in [1.54, 1.807) is 24.4 Å². The number of carbonyl (C=O) groups is 2. The maximum absolute atomic E-state index is 13.6. The SMILES string of the molecule is O=C(CCC(=O)c1nc2ccc(N3CCOCC3)cn2c(=O)c1OCc1ccccc1)Cc1ccc(F)cc1. The third-order valence-electron chi connectivity index (χ3n) is 6.58. The van der Waals surface area contributed by atoms with E-state index < -0.39 is 11.3 Å². The largest absolute Gasteiger partial charge is 0.481 e. The second kappa shape index (κ2) is 12.0. The highest BCUT2D eigenvalue weighted by Gasteiger charge is 2.22. The van der Waals surface area contributed by atoms with Crippen molar-refractivity contribution in [2.45, 2.75) is 25.9 Å². The number of fused-ring (bicyclic) bond motifs is 1. The molecule has 0 saturated carbocycles. The minimum Gasteiger partial charge on any atom is -0.481 e. The lowest BCUT2D eigenvalue weighted by Gasteiger charge is -2.28. The van der Waals surface area contributed by atoms with Gasteiger partial charge < -0.3 is 14.4 Å². The van der Waals surface area contributed by atoms with Gasteiger partial charge in [-0.25, -0.2) is 9.37 Å². The van der Waals surface area contributed by atoms with Crippen molar-refractivity contribution in [1.82, 2.24) is 9.38 Å². The summed E-state index contributed by atoms with van der Waals surface area (Å²) in [6.07, 6.45) is 1.62. The maximum Gasteiger partial charge on any atom is 0.301 e. The Bertz CT molecular complexity index is 1530. The fourth-order valence-corrected chi connectivity index (χ4v) is 4.46. The zero-order chi connectivity index (χ0) is 27.2. The van der Waals surface area contributed by atoms with E-state index in [2.05, 4.69) is 9.88 Å². The molecule has 4 aromatic rings. The van der Waals surface area contributed by atoms with Crippen molar-refractivity contribution in [2.75, 3.05) is 31.2 Å². The van der Waals surface area contributed by atoms with Crippen molar-refractivity contribution in [3.63, 3.8) is 0 Å². The summed E-state index contributed by atoms with van der Waals surface area (Å²) in [5.74, 6) is -1.15. The monoisotopic (exact) mass is 529 g/mol. The number of morpholine rings is 1. The van der Waals surface area contributed by atoms with Gasteiger partial charge in [0.25, 0.3) is 0 Å². The molecule has 1 fully saturated rings. The number of nitrogens with zero attached hydrogens (tertiary/aromatic N) is 3. The van der Waals surface area contributed by atoms with Crippen LogP contribution in [0.15, 0.2) is 77.7 Å². The van der Waals surface area contributed by atoms with Crippen LogP contribution in [0.25, 0.3) is 5.65 Å². The predicted octanol–water partition coefficient (Wildman–Crippen LogP) is 4.02. The molecule has 0 atom stereocenters. The first-order valence-electron chi connectivity index (χ1n) is 12.8. The van der Waals surface area contributed by atoms with Gasteiger partial charge in [-0.15, -0.1) is 0 Å². The Kier molecular flexibility index (Phi) is 8.07. The van der Waals surface area contributed by atoms with E-state index in [0.717, 1.165) is 11.3 Å². The number of Topliss-reactive ketones (excluding diaryl/α,β-unsaturated/α-hetero) is 2. The lowest BCUT2D eigenvalue weighted by Crippen LogP contribution is -2.36. The molecular weight excluding hydrogens is 501 g/mol. The molecule has 3 heterocycles. The van der Waals surface area contributed by atoms with Gasteiger partial charge in [-0.05, 0) is 35.4 Å². The highest BCUT2D eigenvalue weighted by atomic mass is 19.1. The number of benzene rings is 2. The molecule has 8 nitrogen and oxygen atoms in total. The Morgan fingerprint density at radius 3 is 2.41 bits per heavy atom. The summed E-state index contributed by atoms with van der Waals surface area (Å²) in [6.45, 7) is 2.69. The fraction of sp³-hybridized carbons (Fsp3) is 0.267. The third-order valence-corrected chi connectivity index (χ3v) is 6.58. The zero-order valence-electron chi connectivity index (χ0n) is 21.3. The van der Waals surface area contributed by atoms with Gasteiger partial charge in [-0.3, -0.25) is 18.8 Å². The van der Waals surface area contributed by atoms with Gasteiger partial charge in [-0.1, -0.05) is 42.5 Å². The summed E-state index contributed by atoms with van der Waals surface area (Å²) in [4.78, 5) is 46.0. The number of halogens is 1. The molecule has 0 unspecified atom stereocenters. The van der Waals surface area contributed by atoms with Gasteiger partial charge in [-0.2, -0.15) is 0 Å². The lowest BCUT2D eigenvalue weighted by molar-refractivity contribution is -0.118. The summed E-state index contributed by atoms with van der Waals surface area (Å²) in [5.41, 5.74) is 2.06. The van der Waals surface area contributed by atoms with Gasteiger partial charge in [0, 0.05) is 38.5 Å². The lowest BCUT2D eigenvalue weighted by atomic mass is 10.0. The first-order valence-corrected chi connectivity index (χ1v) is 12.8. The fourth-order valence-electron chi connectivity index (χ4n) is 4.46. The molecule has 1 aliphatic rings. The van der Waals surface area contributed by atoms with E-state index in [1.807, 2.05) is 36.4 Å². The molecule has 0 spiro atoms. The van der Waals surface area contributed by atoms with E-state index in [-0.39, 0.29) is 48.9 Å². The number of ketones is 2. The minimum absolute atomic E-state index is 0.0364. The molecular formula is C30H28FN3O5. The predicted molar refractivity (Wildman–Crippen MR) is 144 cm³/mol. The smallest absolute Gasteiger partial charge is 0.301 e. The number of hydrogen-bond acceptors (Lipinski definition) is 7. The van der Waals surface area contributed by atoms with Crippen LogP contribution in [0.4, 0.5) is 10.1 Å². The van der Waals surface area contributed by atoms with Crippen LogP contribution in [-0.4, -0.2) is 47.3 Å². The molecule has 0 radical (unpaired) electrons. The average molecular weight is 530 g/mol. The first-order chi connectivity index (χ1) is 19.0. The topological polar surface area (TPSA) is 90.2 Å². The Morgan fingerprint density at radius 2 is 1.67 bits per heavy atom. The van der Waals surface area contributed by atoms with Crippen LogP contribution in [0, 0.1) is 5.82 Å². The van der Waals surface area contributed by atoms with E-state index >= 15 is 0 Å². The second-order valence-electron chi connectivity index (χ2n) is 9.35. The molecule has 39 heavy (non-hydrogen) atoms. The normalized spacial score (nSPS) is 13.4. The van der Waals surface area contributed by atoms with Crippen molar-refractivity contribution >= 4 is 22.9 Å². The van der Waals surface area contributed by atoms with Gasteiger partial charge in [0.15, 0.2) is 11.5 Å². The number of pyridine rings is 1. The molecule has 1 aliphatic heterocycles. The molecule has 2 aromatic heterocycles. The number of anilines is 1.